The van der Waals surface area contributed by atoms with Gasteiger partial charge in [0.05, 0.1) is 13.2 Å². The zero-order valence-corrected chi connectivity index (χ0v) is 15.9. The molecule has 3 N–H and O–H groups in total. The van der Waals surface area contributed by atoms with E-state index in [0.29, 0.717) is 13.1 Å². The van der Waals surface area contributed by atoms with Crippen molar-refractivity contribution in [1.29, 1.82) is 0 Å². The van der Waals surface area contributed by atoms with Gasteiger partial charge in [0, 0.05) is 39.0 Å². The molecule has 2 amide bonds. The van der Waals surface area contributed by atoms with Crippen molar-refractivity contribution >= 4 is 42.3 Å². The molecule has 0 bridgehead atoms. The lowest BCUT2D eigenvalue weighted by molar-refractivity contribution is -0.133. The summed E-state index contributed by atoms with van der Waals surface area (Å²) in [4.78, 5) is 27.8. The van der Waals surface area contributed by atoms with Crippen molar-refractivity contribution in [2.24, 2.45) is 5.73 Å². The van der Waals surface area contributed by atoms with Gasteiger partial charge in [0.15, 0.2) is 0 Å². The number of anilines is 1. The van der Waals surface area contributed by atoms with Gasteiger partial charge in [-0.1, -0.05) is 18.2 Å². The topological polar surface area (TPSA) is 87.9 Å². The number of methoxy groups -OCH3 is 1. The van der Waals surface area contributed by atoms with Gasteiger partial charge in [-0.25, -0.2) is 0 Å². The fourth-order valence-electron chi connectivity index (χ4n) is 2.51. The Labute approximate surface area is 160 Å². The average molecular weight is 393 g/mol. The standard InChI is InChI=1S/C16H24N4O3.2ClH/c1-23-12-14(17)16(22)18-11-15(21)20-9-7-19(8-10-20)13-5-3-2-4-6-13;;/h2-6,14H,7-12,17H2,1H3,(H,18,22);2*1H. The first-order valence-corrected chi connectivity index (χ1v) is 7.72. The summed E-state index contributed by atoms with van der Waals surface area (Å²) in [7, 11) is 1.48. The highest BCUT2D eigenvalue weighted by Crippen LogP contribution is 2.15. The molecule has 9 heteroatoms. The average Bonchev–Trinajstić information content (AvgIpc) is 2.60. The SMILES string of the molecule is COCC(N)C(=O)NCC(=O)N1CCN(c2ccccc2)CC1.Cl.Cl. The van der Waals surface area contributed by atoms with Gasteiger partial charge in [-0.15, -0.1) is 24.8 Å². The van der Waals surface area contributed by atoms with Gasteiger partial charge in [-0.3, -0.25) is 9.59 Å². The highest BCUT2D eigenvalue weighted by molar-refractivity contribution is 5.87. The number of benzene rings is 1. The van der Waals surface area contributed by atoms with Crippen molar-refractivity contribution in [2.75, 3.05) is 51.3 Å². The van der Waals surface area contributed by atoms with Crippen molar-refractivity contribution in [1.82, 2.24) is 10.2 Å². The second-order valence-corrected chi connectivity index (χ2v) is 5.48. The Morgan fingerprint density at radius 1 is 1.16 bits per heavy atom. The molecule has 25 heavy (non-hydrogen) atoms. The number of carbonyl (C=O) groups is 2. The zero-order chi connectivity index (χ0) is 16.7. The first kappa shape index (κ1) is 23.5. The van der Waals surface area contributed by atoms with Gasteiger partial charge in [-0.2, -0.15) is 0 Å². The van der Waals surface area contributed by atoms with Crippen LogP contribution in [0.25, 0.3) is 0 Å². The third-order valence-electron chi connectivity index (χ3n) is 3.85. The molecule has 1 unspecified atom stereocenters. The van der Waals surface area contributed by atoms with Crippen molar-refractivity contribution < 1.29 is 14.3 Å². The number of nitrogens with two attached hydrogens (primary N) is 1. The smallest absolute Gasteiger partial charge is 0.242 e. The Bertz CT molecular complexity index is 525. The second kappa shape index (κ2) is 11.9. The molecule has 0 saturated carbocycles. The van der Waals surface area contributed by atoms with Crippen LogP contribution in [0.5, 0.6) is 0 Å². The molecule has 0 radical (unpaired) electrons. The molecule has 2 rings (SSSR count). The van der Waals surface area contributed by atoms with Crippen LogP contribution >= 0.6 is 24.8 Å². The number of nitrogens with zero attached hydrogens (tertiary/aromatic N) is 2. The Morgan fingerprint density at radius 3 is 2.32 bits per heavy atom. The zero-order valence-electron chi connectivity index (χ0n) is 14.2. The monoisotopic (exact) mass is 392 g/mol. The normalized spacial score (nSPS) is 14.8. The Morgan fingerprint density at radius 2 is 1.76 bits per heavy atom. The lowest BCUT2D eigenvalue weighted by Crippen LogP contribution is -2.52. The van der Waals surface area contributed by atoms with E-state index in [-0.39, 0.29) is 49.8 Å². The van der Waals surface area contributed by atoms with Crippen LogP contribution in [0.3, 0.4) is 0 Å². The summed E-state index contributed by atoms with van der Waals surface area (Å²) in [6.45, 7) is 2.97. The molecule has 1 fully saturated rings. The number of halogens is 2. The van der Waals surface area contributed by atoms with E-state index in [2.05, 4.69) is 22.3 Å². The van der Waals surface area contributed by atoms with E-state index in [1.807, 2.05) is 18.2 Å². The van der Waals surface area contributed by atoms with Crippen LogP contribution in [0, 0.1) is 0 Å². The van der Waals surface area contributed by atoms with Crippen LogP contribution in [-0.2, 0) is 14.3 Å². The number of hydrogen-bond donors (Lipinski definition) is 2. The minimum atomic E-state index is -0.747. The highest BCUT2D eigenvalue weighted by atomic mass is 35.5. The summed E-state index contributed by atoms with van der Waals surface area (Å²) in [5.74, 6) is -0.459. The third-order valence-corrected chi connectivity index (χ3v) is 3.85. The molecule has 0 aromatic heterocycles. The van der Waals surface area contributed by atoms with Crippen LogP contribution in [0.15, 0.2) is 30.3 Å². The number of ether oxygens (including phenoxy) is 1. The van der Waals surface area contributed by atoms with Crippen molar-refractivity contribution in [3.8, 4) is 0 Å². The van der Waals surface area contributed by atoms with Gasteiger partial charge in [0.25, 0.3) is 0 Å². The molecule has 1 aliphatic rings. The first-order chi connectivity index (χ1) is 11.1. The molecule has 0 aliphatic carbocycles. The van der Waals surface area contributed by atoms with Crippen LogP contribution < -0.4 is 16.0 Å². The van der Waals surface area contributed by atoms with Crippen LogP contribution in [0.1, 0.15) is 0 Å². The van der Waals surface area contributed by atoms with Gasteiger partial charge in [-0.05, 0) is 12.1 Å². The van der Waals surface area contributed by atoms with Crippen LogP contribution in [0.4, 0.5) is 5.69 Å². The second-order valence-electron chi connectivity index (χ2n) is 5.48. The summed E-state index contributed by atoms with van der Waals surface area (Å²) < 4.78 is 4.82. The third kappa shape index (κ3) is 7.07. The van der Waals surface area contributed by atoms with Crippen molar-refractivity contribution in [3.63, 3.8) is 0 Å². The fraction of sp³-hybridized carbons (Fsp3) is 0.500. The van der Waals surface area contributed by atoms with Gasteiger partial charge in [0.1, 0.15) is 6.04 Å². The van der Waals surface area contributed by atoms with E-state index >= 15 is 0 Å². The van der Waals surface area contributed by atoms with Crippen LogP contribution in [0.2, 0.25) is 0 Å². The lowest BCUT2D eigenvalue weighted by atomic mass is 10.2. The molecular weight excluding hydrogens is 367 g/mol. The Balaban J connectivity index is 0.00000288. The summed E-state index contributed by atoms with van der Waals surface area (Å²) in [5, 5.41) is 2.56. The summed E-state index contributed by atoms with van der Waals surface area (Å²) in [6.07, 6.45) is 0. The number of amides is 2. The molecular formula is C16H26Cl2N4O3. The van der Waals surface area contributed by atoms with Gasteiger partial charge < -0.3 is 25.6 Å². The Kier molecular flexibility index (Phi) is 11.2. The van der Waals surface area contributed by atoms with E-state index < -0.39 is 6.04 Å². The van der Waals surface area contributed by atoms with Gasteiger partial charge in [0.2, 0.25) is 11.8 Å². The van der Waals surface area contributed by atoms with Crippen molar-refractivity contribution in [2.45, 2.75) is 6.04 Å². The van der Waals surface area contributed by atoms with E-state index in [1.165, 1.54) is 12.8 Å². The number of para-hydroxylation sites is 1. The predicted molar refractivity (Wildman–Crippen MR) is 103 cm³/mol. The summed E-state index contributed by atoms with van der Waals surface area (Å²) >= 11 is 0. The molecule has 1 aromatic carbocycles. The quantitative estimate of drug-likeness (QED) is 0.725. The molecule has 1 saturated heterocycles. The van der Waals surface area contributed by atoms with Crippen molar-refractivity contribution in [3.05, 3.63) is 30.3 Å². The minimum Gasteiger partial charge on any atom is -0.383 e. The maximum Gasteiger partial charge on any atom is 0.242 e. The number of nitrogens with one attached hydrogen (secondary N) is 1. The molecule has 142 valence electrons. The van der Waals surface area contributed by atoms with E-state index in [1.54, 1.807) is 4.90 Å². The Hall–Kier alpha value is -1.54. The largest absolute Gasteiger partial charge is 0.383 e. The molecule has 1 atom stereocenters. The van der Waals surface area contributed by atoms with E-state index in [9.17, 15) is 9.59 Å². The predicted octanol–water partition coefficient (Wildman–Crippen LogP) is 0.269. The first-order valence-electron chi connectivity index (χ1n) is 7.72. The summed E-state index contributed by atoms with van der Waals surface area (Å²) in [6, 6.07) is 9.38. The molecule has 1 aliphatic heterocycles. The maximum atomic E-state index is 12.1. The lowest BCUT2D eigenvalue weighted by Gasteiger charge is -2.36. The molecule has 0 spiro atoms. The number of carbonyl (C=O) groups excluding carboxylic acids is 2. The highest BCUT2D eigenvalue weighted by Gasteiger charge is 2.22. The number of hydrogen-bond acceptors (Lipinski definition) is 5. The number of piperazine rings is 1. The molecule has 1 aromatic rings. The summed E-state index contributed by atoms with van der Waals surface area (Å²) in [5.41, 5.74) is 6.77. The van der Waals surface area contributed by atoms with Gasteiger partial charge >= 0.3 is 0 Å². The van der Waals surface area contributed by atoms with E-state index in [0.717, 1.165) is 13.1 Å². The maximum absolute atomic E-state index is 12.1. The molecule has 7 nitrogen and oxygen atoms in total. The fourth-order valence-corrected chi connectivity index (χ4v) is 2.51. The van der Waals surface area contributed by atoms with E-state index in [4.69, 9.17) is 10.5 Å². The minimum absolute atomic E-state index is 0. The van der Waals surface area contributed by atoms with Crippen LogP contribution in [-0.4, -0.2) is 69.2 Å². The number of rotatable bonds is 6. The molecule has 1 heterocycles.